The fourth-order valence-corrected chi connectivity index (χ4v) is 3.59. The molecule has 1 aliphatic heterocycles. The minimum atomic E-state index is -0.424. The summed E-state index contributed by atoms with van der Waals surface area (Å²) in [4.78, 5) is 27.4. The molecule has 0 saturated heterocycles. The van der Waals surface area contributed by atoms with Crippen LogP contribution in [-0.4, -0.2) is 17.9 Å². The molecule has 4 nitrogen and oxygen atoms in total. The van der Waals surface area contributed by atoms with Crippen LogP contribution in [-0.2, 0) is 5.41 Å². The summed E-state index contributed by atoms with van der Waals surface area (Å²) in [6, 6.07) is 14.8. The molecular formula is C22H21NO3. The Morgan fingerprint density at radius 2 is 1.62 bits per heavy atom. The summed E-state index contributed by atoms with van der Waals surface area (Å²) >= 11 is 0. The summed E-state index contributed by atoms with van der Waals surface area (Å²) in [5, 5.41) is 0.505. The van der Waals surface area contributed by atoms with Crippen LogP contribution < -0.4 is 5.43 Å². The predicted octanol–water partition coefficient (Wildman–Crippen LogP) is 4.27. The van der Waals surface area contributed by atoms with Gasteiger partial charge in [0.1, 0.15) is 5.58 Å². The Kier molecular flexibility index (Phi) is 3.55. The third-order valence-electron chi connectivity index (χ3n) is 5.10. The van der Waals surface area contributed by atoms with E-state index in [1.165, 1.54) is 5.56 Å². The molecule has 2 heterocycles. The van der Waals surface area contributed by atoms with Crippen LogP contribution in [0.2, 0.25) is 0 Å². The normalized spacial score (nSPS) is 17.0. The molecule has 1 aromatic heterocycles. The lowest BCUT2D eigenvalue weighted by atomic mass is 9.86. The van der Waals surface area contributed by atoms with Crippen LogP contribution in [0.15, 0.2) is 57.7 Å². The van der Waals surface area contributed by atoms with E-state index in [1.54, 1.807) is 36.2 Å². The van der Waals surface area contributed by atoms with Gasteiger partial charge in [-0.2, -0.15) is 0 Å². The first-order valence-electron chi connectivity index (χ1n) is 8.72. The highest BCUT2D eigenvalue weighted by atomic mass is 16.3. The number of hydrogen-bond donors (Lipinski definition) is 0. The van der Waals surface area contributed by atoms with Gasteiger partial charge in [-0.15, -0.1) is 0 Å². The van der Waals surface area contributed by atoms with Crippen molar-refractivity contribution < 1.29 is 9.21 Å². The first-order valence-corrected chi connectivity index (χ1v) is 8.72. The molecule has 26 heavy (non-hydrogen) atoms. The van der Waals surface area contributed by atoms with Crippen molar-refractivity contribution in [2.24, 2.45) is 0 Å². The van der Waals surface area contributed by atoms with Gasteiger partial charge in [0, 0.05) is 7.05 Å². The highest BCUT2D eigenvalue weighted by Crippen LogP contribution is 2.37. The van der Waals surface area contributed by atoms with Crippen LogP contribution in [0, 0.1) is 0 Å². The summed E-state index contributed by atoms with van der Waals surface area (Å²) < 4.78 is 5.81. The minimum absolute atomic E-state index is 0.0447. The quantitative estimate of drug-likeness (QED) is 0.661. The largest absolute Gasteiger partial charge is 0.450 e. The summed E-state index contributed by atoms with van der Waals surface area (Å²) in [6.45, 7) is 6.47. The van der Waals surface area contributed by atoms with Crippen LogP contribution in [0.4, 0.5) is 0 Å². The van der Waals surface area contributed by atoms with E-state index in [1.807, 2.05) is 12.1 Å². The molecule has 0 N–H and O–H groups in total. The Balaban J connectivity index is 1.91. The Labute approximate surface area is 152 Å². The molecule has 0 radical (unpaired) electrons. The lowest BCUT2D eigenvalue weighted by molar-refractivity contribution is 0.0771. The molecule has 4 heteroatoms. The van der Waals surface area contributed by atoms with Crippen molar-refractivity contribution in [1.82, 2.24) is 4.90 Å². The molecule has 0 bridgehead atoms. The fourth-order valence-electron chi connectivity index (χ4n) is 3.59. The van der Waals surface area contributed by atoms with Crippen molar-refractivity contribution in [3.63, 3.8) is 0 Å². The summed E-state index contributed by atoms with van der Waals surface area (Å²) in [5.41, 5.74) is 2.91. The number of fused-ring (bicyclic) bond motifs is 2. The number of carbonyl (C=O) groups is 1. The molecule has 1 amide bonds. The summed E-state index contributed by atoms with van der Waals surface area (Å²) in [6.07, 6.45) is 0. The molecule has 0 saturated carbocycles. The van der Waals surface area contributed by atoms with Gasteiger partial charge in [0.05, 0.1) is 17.0 Å². The van der Waals surface area contributed by atoms with E-state index in [4.69, 9.17) is 4.42 Å². The smallest absolute Gasteiger partial charge is 0.290 e. The monoisotopic (exact) mass is 347 g/mol. The zero-order valence-electron chi connectivity index (χ0n) is 15.4. The van der Waals surface area contributed by atoms with E-state index >= 15 is 0 Å². The molecule has 0 spiro atoms. The van der Waals surface area contributed by atoms with E-state index in [9.17, 15) is 9.59 Å². The third-order valence-corrected chi connectivity index (χ3v) is 5.10. The van der Waals surface area contributed by atoms with Crippen molar-refractivity contribution >= 4 is 16.9 Å². The highest BCUT2D eigenvalue weighted by molar-refractivity contribution is 5.98. The Morgan fingerprint density at radius 1 is 0.962 bits per heavy atom. The van der Waals surface area contributed by atoms with Gasteiger partial charge in [0.2, 0.25) is 5.76 Å². The Bertz CT molecular complexity index is 1070. The number of carbonyl (C=O) groups excluding carboxylic acids is 1. The van der Waals surface area contributed by atoms with Gasteiger partial charge in [-0.3, -0.25) is 9.59 Å². The maximum absolute atomic E-state index is 13.1. The Morgan fingerprint density at radius 3 is 2.27 bits per heavy atom. The van der Waals surface area contributed by atoms with Crippen molar-refractivity contribution in [2.45, 2.75) is 32.2 Å². The summed E-state index contributed by atoms with van der Waals surface area (Å²) in [5.74, 6) is -0.103. The molecule has 0 aliphatic carbocycles. The minimum Gasteiger partial charge on any atom is -0.450 e. The molecule has 1 aliphatic rings. The lowest BCUT2D eigenvalue weighted by Gasteiger charge is -2.23. The van der Waals surface area contributed by atoms with Crippen LogP contribution in [0.3, 0.4) is 0 Å². The highest BCUT2D eigenvalue weighted by Gasteiger charge is 2.40. The zero-order valence-corrected chi connectivity index (χ0v) is 15.4. The van der Waals surface area contributed by atoms with Gasteiger partial charge in [-0.05, 0) is 28.7 Å². The predicted molar refractivity (Wildman–Crippen MR) is 102 cm³/mol. The molecule has 1 unspecified atom stereocenters. The average Bonchev–Trinajstić information content (AvgIpc) is 2.86. The van der Waals surface area contributed by atoms with Crippen LogP contribution in [0.25, 0.3) is 11.0 Å². The van der Waals surface area contributed by atoms with Crippen LogP contribution in [0.1, 0.15) is 54.1 Å². The van der Waals surface area contributed by atoms with E-state index in [-0.39, 0.29) is 22.5 Å². The first kappa shape index (κ1) is 16.6. The third kappa shape index (κ3) is 2.37. The van der Waals surface area contributed by atoms with Crippen molar-refractivity contribution in [3.8, 4) is 0 Å². The number of amides is 1. The topological polar surface area (TPSA) is 50.5 Å². The SMILES string of the molecule is CN1C(=O)c2oc3ccccc3c(=O)c2C1c1ccc(C(C)(C)C)cc1. The molecule has 1 atom stereocenters. The van der Waals surface area contributed by atoms with Crippen LogP contribution in [0.5, 0.6) is 0 Å². The van der Waals surface area contributed by atoms with E-state index in [2.05, 4.69) is 32.9 Å². The van der Waals surface area contributed by atoms with Crippen molar-refractivity contribution in [3.05, 3.63) is 81.2 Å². The molecule has 2 aromatic carbocycles. The van der Waals surface area contributed by atoms with E-state index < -0.39 is 6.04 Å². The second-order valence-electron chi connectivity index (χ2n) is 7.86. The second kappa shape index (κ2) is 5.56. The van der Waals surface area contributed by atoms with Gasteiger partial charge >= 0.3 is 0 Å². The molecule has 4 rings (SSSR count). The van der Waals surface area contributed by atoms with Crippen molar-refractivity contribution in [1.29, 1.82) is 0 Å². The number of para-hydroxylation sites is 1. The van der Waals surface area contributed by atoms with E-state index in [0.717, 1.165) is 5.56 Å². The van der Waals surface area contributed by atoms with Gasteiger partial charge < -0.3 is 9.32 Å². The van der Waals surface area contributed by atoms with Gasteiger partial charge in [-0.1, -0.05) is 57.2 Å². The molecule has 3 aromatic rings. The maximum Gasteiger partial charge on any atom is 0.290 e. The van der Waals surface area contributed by atoms with Gasteiger partial charge in [0.25, 0.3) is 5.91 Å². The second-order valence-corrected chi connectivity index (χ2v) is 7.86. The maximum atomic E-state index is 13.1. The molecular weight excluding hydrogens is 326 g/mol. The lowest BCUT2D eigenvalue weighted by Crippen LogP contribution is -2.25. The standard InChI is InChI=1S/C22H21NO3/c1-22(2,3)14-11-9-13(10-12-14)18-17-19(24)15-7-5-6-8-16(15)26-20(17)21(25)23(18)4/h5-12,18H,1-4H3. The van der Waals surface area contributed by atoms with Gasteiger partial charge in [-0.25, -0.2) is 0 Å². The number of hydrogen-bond acceptors (Lipinski definition) is 3. The number of rotatable bonds is 1. The zero-order chi connectivity index (χ0) is 18.6. The molecule has 132 valence electrons. The summed E-state index contributed by atoms with van der Waals surface area (Å²) in [7, 11) is 1.71. The fraction of sp³-hybridized carbons (Fsp3) is 0.273. The average molecular weight is 347 g/mol. The number of nitrogens with zero attached hydrogens (tertiary/aromatic N) is 1. The molecule has 0 fully saturated rings. The first-order chi connectivity index (χ1) is 12.3. The van der Waals surface area contributed by atoms with E-state index in [0.29, 0.717) is 16.5 Å². The Hall–Kier alpha value is -2.88. The van der Waals surface area contributed by atoms with Gasteiger partial charge in [0.15, 0.2) is 5.43 Å². The van der Waals surface area contributed by atoms with Crippen molar-refractivity contribution in [2.75, 3.05) is 7.05 Å². The van der Waals surface area contributed by atoms with Crippen LogP contribution >= 0.6 is 0 Å². The number of benzene rings is 2.